The van der Waals surface area contributed by atoms with Crippen LogP contribution in [-0.2, 0) is 9.59 Å². The second kappa shape index (κ2) is 9.79. The van der Waals surface area contributed by atoms with Gasteiger partial charge in [-0.05, 0) is 43.0 Å². The van der Waals surface area contributed by atoms with Crippen molar-refractivity contribution in [1.82, 2.24) is 9.80 Å². The highest BCUT2D eigenvalue weighted by molar-refractivity contribution is 9.10. The molecule has 6 heteroatoms. The maximum absolute atomic E-state index is 12.4. The van der Waals surface area contributed by atoms with Gasteiger partial charge in [0.15, 0.2) is 0 Å². The molecule has 0 radical (unpaired) electrons. The standard InChI is InChI=1S/C20H27BrN2O2S/c21-17-5-7-18(8-6-17)26-14-9-19(24)22-10-12-23(13-11-22)20(25)15-16-3-1-2-4-16/h5-8,16H,1-4,9-15H2. The van der Waals surface area contributed by atoms with Crippen LogP contribution in [0.15, 0.2) is 33.6 Å². The Morgan fingerprint density at radius 3 is 2.15 bits per heavy atom. The molecule has 1 heterocycles. The van der Waals surface area contributed by atoms with Gasteiger partial charge in [-0.25, -0.2) is 0 Å². The van der Waals surface area contributed by atoms with Crippen LogP contribution in [0.25, 0.3) is 0 Å². The highest BCUT2D eigenvalue weighted by Gasteiger charge is 2.26. The molecule has 1 aliphatic heterocycles. The van der Waals surface area contributed by atoms with Crippen molar-refractivity contribution in [2.75, 3.05) is 31.9 Å². The van der Waals surface area contributed by atoms with Crippen molar-refractivity contribution in [2.24, 2.45) is 5.92 Å². The number of carbonyl (C=O) groups excluding carboxylic acids is 2. The van der Waals surface area contributed by atoms with Gasteiger partial charge in [0.2, 0.25) is 11.8 Å². The third-order valence-electron chi connectivity index (χ3n) is 5.32. The number of benzene rings is 1. The summed E-state index contributed by atoms with van der Waals surface area (Å²) in [6.07, 6.45) is 6.23. The molecular weight excluding hydrogens is 412 g/mol. The van der Waals surface area contributed by atoms with E-state index in [2.05, 4.69) is 28.1 Å². The molecule has 0 unspecified atom stereocenters. The molecule has 142 valence electrons. The van der Waals surface area contributed by atoms with Crippen molar-refractivity contribution in [3.8, 4) is 0 Å². The second-order valence-corrected chi connectivity index (χ2v) is 9.25. The summed E-state index contributed by atoms with van der Waals surface area (Å²) in [6.45, 7) is 2.74. The van der Waals surface area contributed by atoms with E-state index in [1.54, 1.807) is 11.8 Å². The molecule has 2 amide bonds. The molecule has 1 aromatic rings. The van der Waals surface area contributed by atoms with Gasteiger partial charge in [-0.3, -0.25) is 9.59 Å². The predicted octanol–water partition coefficient (Wildman–Crippen LogP) is 4.18. The van der Waals surface area contributed by atoms with Crippen molar-refractivity contribution in [1.29, 1.82) is 0 Å². The minimum Gasteiger partial charge on any atom is -0.339 e. The largest absolute Gasteiger partial charge is 0.339 e. The molecule has 0 atom stereocenters. The molecule has 4 nitrogen and oxygen atoms in total. The van der Waals surface area contributed by atoms with Gasteiger partial charge in [0.1, 0.15) is 0 Å². The third kappa shape index (κ3) is 5.74. The van der Waals surface area contributed by atoms with Crippen LogP contribution in [0, 0.1) is 5.92 Å². The van der Waals surface area contributed by atoms with Gasteiger partial charge >= 0.3 is 0 Å². The lowest BCUT2D eigenvalue weighted by molar-refractivity contribution is -0.139. The summed E-state index contributed by atoms with van der Waals surface area (Å²) in [5.41, 5.74) is 0. The van der Waals surface area contributed by atoms with Gasteiger partial charge in [-0.2, -0.15) is 0 Å². The quantitative estimate of drug-likeness (QED) is 0.625. The van der Waals surface area contributed by atoms with Gasteiger partial charge in [0.05, 0.1) is 0 Å². The Kier molecular flexibility index (Phi) is 7.43. The topological polar surface area (TPSA) is 40.6 Å². The zero-order chi connectivity index (χ0) is 18.4. The average Bonchev–Trinajstić information content (AvgIpc) is 3.16. The van der Waals surface area contributed by atoms with E-state index in [0.29, 0.717) is 44.9 Å². The van der Waals surface area contributed by atoms with Crippen molar-refractivity contribution < 1.29 is 9.59 Å². The van der Waals surface area contributed by atoms with E-state index < -0.39 is 0 Å². The molecule has 2 aliphatic rings. The van der Waals surface area contributed by atoms with Crippen LogP contribution < -0.4 is 0 Å². The van der Waals surface area contributed by atoms with Gasteiger partial charge in [-0.15, -0.1) is 11.8 Å². The fourth-order valence-electron chi connectivity index (χ4n) is 3.74. The highest BCUT2D eigenvalue weighted by Crippen LogP contribution is 2.28. The number of amides is 2. The zero-order valence-electron chi connectivity index (χ0n) is 15.2. The van der Waals surface area contributed by atoms with Crippen LogP contribution >= 0.6 is 27.7 Å². The van der Waals surface area contributed by atoms with Crippen molar-refractivity contribution in [3.05, 3.63) is 28.7 Å². The zero-order valence-corrected chi connectivity index (χ0v) is 17.6. The van der Waals surface area contributed by atoms with E-state index in [1.165, 1.54) is 30.6 Å². The first-order chi connectivity index (χ1) is 12.6. The summed E-state index contributed by atoms with van der Waals surface area (Å²) >= 11 is 5.14. The van der Waals surface area contributed by atoms with E-state index in [4.69, 9.17) is 0 Å². The number of rotatable bonds is 6. The lowest BCUT2D eigenvalue weighted by Gasteiger charge is -2.35. The molecule has 0 aromatic heterocycles. The van der Waals surface area contributed by atoms with Crippen LogP contribution in [0.2, 0.25) is 0 Å². The van der Waals surface area contributed by atoms with Crippen LogP contribution in [0.3, 0.4) is 0 Å². The van der Waals surface area contributed by atoms with E-state index in [1.807, 2.05) is 21.9 Å². The van der Waals surface area contributed by atoms with Crippen LogP contribution in [0.1, 0.15) is 38.5 Å². The smallest absolute Gasteiger partial charge is 0.223 e. The fourth-order valence-corrected chi connectivity index (χ4v) is 4.85. The molecule has 1 saturated carbocycles. The van der Waals surface area contributed by atoms with Gasteiger partial charge in [0, 0.05) is 54.1 Å². The molecular formula is C20H27BrN2O2S. The summed E-state index contributed by atoms with van der Waals surface area (Å²) in [5.74, 6) is 1.88. The summed E-state index contributed by atoms with van der Waals surface area (Å²) in [5, 5.41) is 0. The Bertz CT molecular complexity index is 609. The Morgan fingerprint density at radius 2 is 1.54 bits per heavy atom. The highest BCUT2D eigenvalue weighted by atomic mass is 79.9. The van der Waals surface area contributed by atoms with E-state index in [-0.39, 0.29) is 11.8 Å². The summed E-state index contributed by atoms with van der Waals surface area (Å²) in [7, 11) is 0. The van der Waals surface area contributed by atoms with E-state index in [9.17, 15) is 9.59 Å². The van der Waals surface area contributed by atoms with E-state index in [0.717, 1.165) is 10.2 Å². The number of thioether (sulfide) groups is 1. The molecule has 1 aromatic carbocycles. The minimum absolute atomic E-state index is 0.206. The minimum atomic E-state index is 0.206. The molecule has 2 fully saturated rings. The number of hydrogen-bond acceptors (Lipinski definition) is 3. The monoisotopic (exact) mass is 438 g/mol. The summed E-state index contributed by atoms with van der Waals surface area (Å²) in [6, 6.07) is 8.17. The number of hydrogen-bond donors (Lipinski definition) is 0. The first kappa shape index (κ1) is 19.7. The number of nitrogens with zero attached hydrogens (tertiary/aromatic N) is 2. The number of piperazine rings is 1. The Morgan fingerprint density at radius 1 is 0.962 bits per heavy atom. The molecule has 1 aliphatic carbocycles. The van der Waals surface area contributed by atoms with Crippen molar-refractivity contribution in [3.63, 3.8) is 0 Å². The predicted molar refractivity (Wildman–Crippen MR) is 109 cm³/mol. The van der Waals surface area contributed by atoms with Gasteiger partial charge < -0.3 is 9.80 Å². The van der Waals surface area contributed by atoms with Crippen LogP contribution in [-0.4, -0.2) is 53.5 Å². The van der Waals surface area contributed by atoms with Gasteiger partial charge in [-0.1, -0.05) is 28.8 Å². The van der Waals surface area contributed by atoms with E-state index >= 15 is 0 Å². The molecule has 0 bridgehead atoms. The summed E-state index contributed by atoms with van der Waals surface area (Å²) < 4.78 is 1.07. The Labute approximate surface area is 168 Å². The molecule has 3 rings (SSSR count). The lowest BCUT2D eigenvalue weighted by atomic mass is 10.0. The number of halogens is 1. The normalized spacial score (nSPS) is 18.3. The third-order valence-corrected chi connectivity index (χ3v) is 6.86. The Hall–Kier alpha value is -1.01. The fraction of sp³-hybridized carbons (Fsp3) is 0.600. The second-order valence-electron chi connectivity index (χ2n) is 7.17. The molecule has 0 N–H and O–H groups in total. The molecule has 1 saturated heterocycles. The maximum Gasteiger partial charge on any atom is 0.223 e. The van der Waals surface area contributed by atoms with Gasteiger partial charge in [0.25, 0.3) is 0 Å². The SMILES string of the molecule is O=C(CCSc1ccc(Br)cc1)N1CCN(C(=O)CC2CCCC2)CC1. The molecule has 26 heavy (non-hydrogen) atoms. The molecule has 0 spiro atoms. The number of carbonyl (C=O) groups is 2. The average molecular weight is 439 g/mol. The lowest BCUT2D eigenvalue weighted by Crippen LogP contribution is -2.50. The van der Waals surface area contributed by atoms with Crippen molar-refractivity contribution in [2.45, 2.75) is 43.4 Å². The first-order valence-corrected chi connectivity index (χ1v) is 11.3. The first-order valence-electron chi connectivity index (χ1n) is 9.56. The Balaban J connectivity index is 1.35. The van der Waals surface area contributed by atoms with Crippen LogP contribution in [0.5, 0.6) is 0 Å². The van der Waals surface area contributed by atoms with Crippen molar-refractivity contribution >= 4 is 39.5 Å². The summed E-state index contributed by atoms with van der Waals surface area (Å²) in [4.78, 5) is 29.9. The van der Waals surface area contributed by atoms with Crippen LogP contribution in [0.4, 0.5) is 0 Å². The maximum atomic E-state index is 12.4.